The second kappa shape index (κ2) is 19.2. The number of hydrogen-bond donors (Lipinski definition) is 2. The molecule has 0 aliphatic carbocycles. The van der Waals surface area contributed by atoms with Gasteiger partial charge in [-0.25, -0.2) is 28.2 Å². The molecule has 8 heteroatoms. The molecule has 0 saturated heterocycles. The van der Waals surface area contributed by atoms with Crippen molar-refractivity contribution >= 4 is 46.4 Å². The lowest BCUT2D eigenvalue weighted by Crippen LogP contribution is -2.26. The van der Waals surface area contributed by atoms with Gasteiger partial charge in [-0.3, -0.25) is 0 Å². The van der Waals surface area contributed by atoms with Crippen LogP contribution in [0.15, 0.2) is 219 Å². The maximum atomic E-state index is 5.61. The van der Waals surface area contributed by atoms with Gasteiger partial charge in [-0.05, 0) is 117 Å². The fraction of sp³-hybridized carbons (Fsp3) is 0.0588. The Morgan fingerprint density at radius 1 is 0.250 bits per heavy atom. The standard InChI is InChI=1S/C68H54N8/c1-73-37-5-9-53(41-73)45-13-21-49(22-14-45)65-57-29-31-59(69-57)66(50-23-15-46(16-24-50)54-10-6-38-74(2)42-54)61-33-35-63(71-61)68(52-27-19-48(20-28-52)56-12-8-40-76(4)44-56)64-36-34-62(72-64)67(60-32-30-58(65)70-60)51-25-17-47(18-26-51)55-11-7-39-75(3)43-55/h5-44,69,72H,1-4H3/q+4. The first kappa shape index (κ1) is 45.9. The molecule has 7 aromatic heterocycles. The molecule has 8 bridgehead atoms. The number of benzene rings is 4. The van der Waals surface area contributed by atoms with E-state index in [4.69, 9.17) is 9.97 Å². The molecule has 0 spiro atoms. The van der Waals surface area contributed by atoms with Gasteiger partial charge in [0.25, 0.3) is 0 Å². The molecule has 0 fully saturated rings. The Kier molecular flexibility index (Phi) is 11.6. The molecule has 0 radical (unpaired) electrons. The number of aryl methyl sites for hydroxylation is 4. The molecular formula is C68H54N8+4. The summed E-state index contributed by atoms with van der Waals surface area (Å²) in [7, 11) is 8.23. The van der Waals surface area contributed by atoms with Crippen molar-refractivity contribution in [2.24, 2.45) is 28.2 Å². The van der Waals surface area contributed by atoms with Crippen molar-refractivity contribution in [3.63, 3.8) is 0 Å². The minimum Gasteiger partial charge on any atom is -0.354 e. The van der Waals surface area contributed by atoms with E-state index in [2.05, 4.69) is 300 Å². The first-order valence-electron chi connectivity index (χ1n) is 25.7. The van der Waals surface area contributed by atoms with Gasteiger partial charge in [-0.2, -0.15) is 0 Å². The van der Waals surface area contributed by atoms with E-state index in [-0.39, 0.29) is 0 Å². The summed E-state index contributed by atoms with van der Waals surface area (Å²) in [5, 5.41) is 0. The number of rotatable bonds is 8. The van der Waals surface area contributed by atoms with Crippen molar-refractivity contribution in [1.29, 1.82) is 0 Å². The maximum Gasteiger partial charge on any atom is 0.176 e. The van der Waals surface area contributed by atoms with Gasteiger partial charge >= 0.3 is 0 Å². The monoisotopic (exact) mass is 982 g/mol. The molecule has 0 atom stereocenters. The Hall–Kier alpha value is -9.92. The van der Waals surface area contributed by atoms with Crippen LogP contribution in [0.25, 0.3) is 135 Å². The van der Waals surface area contributed by atoms with E-state index < -0.39 is 0 Å². The van der Waals surface area contributed by atoms with Crippen LogP contribution in [-0.4, -0.2) is 19.9 Å². The van der Waals surface area contributed by atoms with E-state index in [1.807, 2.05) is 0 Å². The summed E-state index contributed by atoms with van der Waals surface area (Å²) in [6.07, 6.45) is 25.5. The summed E-state index contributed by atoms with van der Waals surface area (Å²) in [5.74, 6) is 0. The maximum absolute atomic E-state index is 5.61. The van der Waals surface area contributed by atoms with E-state index in [0.29, 0.717) is 0 Å². The lowest BCUT2D eigenvalue weighted by atomic mass is 9.99. The van der Waals surface area contributed by atoms with Gasteiger partial charge in [0.05, 0.1) is 22.8 Å². The first-order valence-corrected chi connectivity index (χ1v) is 25.7. The molecule has 2 aliphatic rings. The van der Waals surface area contributed by atoms with Crippen LogP contribution >= 0.6 is 0 Å². The zero-order valence-electron chi connectivity index (χ0n) is 42.8. The number of hydrogen-bond acceptors (Lipinski definition) is 2. The largest absolute Gasteiger partial charge is 0.354 e. The fourth-order valence-electron chi connectivity index (χ4n) is 10.8. The quantitative estimate of drug-likeness (QED) is 0.149. The smallest absolute Gasteiger partial charge is 0.176 e. The number of pyridine rings is 4. The zero-order valence-corrected chi connectivity index (χ0v) is 42.8. The normalized spacial score (nSPS) is 11.8. The van der Waals surface area contributed by atoms with Gasteiger partial charge in [0, 0.05) is 90.8 Å². The number of aromatic amines is 2. The Morgan fingerprint density at radius 2 is 0.461 bits per heavy atom. The molecule has 76 heavy (non-hydrogen) atoms. The molecule has 8 nitrogen and oxygen atoms in total. The zero-order chi connectivity index (χ0) is 51.3. The summed E-state index contributed by atoms with van der Waals surface area (Å²) in [6.45, 7) is 0. The summed E-state index contributed by atoms with van der Waals surface area (Å²) in [5.41, 5.74) is 24.6. The molecule has 2 aliphatic heterocycles. The Balaban J connectivity index is 1.08. The third kappa shape index (κ3) is 8.81. The highest BCUT2D eigenvalue weighted by atomic mass is 14.9. The van der Waals surface area contributed by atoms with Crippen LogP contribution in [-0.2, 0) is 28.2 Å². The lowest BCUT2D eigenvalue weighted by Gasteiger charge is -2.09. The highest BCUT2D eigenvalue weighted by molar-refractivity contribution is 6.00. The average molecular weight is 983 g/mol. The van der Waals surface area contributed by atoms with Crippen LogP contribution in [0.1, 0.15) is 22.8 Å². The lowest BCUT2D eigenvalue weighted by molar-refractivity contribution is -0.671. The number of fused-ring (bicyclic) bond motifs is 8. The minimum absolute atomic E-state index is 0.863. The van der Waals surface area contributed by atoms with Gasteiger partial charge in [-0.1, -0.05) is 97.1 Å². The second-order valence-electron chi connectivity index (χ2n) is 19.8. The predicted octanol–water partition coefficient (Wildman–Crippen LogP) is 13.3. The third-order valence-electron chi connectivity index (χ3n) is 14.5. The highest BCUT2D eigenvalue weighted by Crippen LogP contribution is 2.40. The summed E-state index contributed by atoms with van der Waals surface area (Å²) < 4.78 is 8.34. The Bertz CT molecular complexity index is 3750. The average Bonchev–Trinajstić information content (AvgIpc) is 4.31. The van der Waals surface area contributed by atoms with Crippen LogP contribution in [0.3, 0.4) is 0 Å². The van der Waals surface area contributed by atoms with Gasteiger partial charge in [0.15, 0.2) is 49.6 Å². The van der Waals surface area contributed by atoms with Gasteiger partial charge in [0.1, 0.15) is 28.2 Å². The summed E-state index contributed by atoms with van der Waals surface area (Å²) in [6, 6.07) is 61.2. The van der Waals surface area contributed by atoms with Crippen molar-refractivity contribution in [3.8, 4) is 89.0 Å². The van der Waals surface area contributed by atoms with Crippen molar-refractivity contribution in [2.45, 2.75) is 0 Å². The highest BCUT2D eigenvalue weighted by Gasteiger charge is 2.20. The SMILES string of the molecule is C[n+]1cccc(-c2ccc(-c3c4nc(c(-c5ccc(-c6ccc[n+](C)c6)cc5)c5ccc([nH]5)c(-c5ccc(-c6ccc[n+](C)c6)cc5)c5nc(c(-c6ccc(-c7ccc[n+](C)c7)cc6)c6ccc3[nH]6)C=C5)C=C4)cc2)c1. The molecule has 9 heterocycles. The Labute approximate surface area is 441 Å². The second-order valence-corrected chi connectivity index (χ2v) is 19.8. The molecule has 11 aromatic rings. The predicted molar refractivity (Wildman–Crippen MR) is 307 cm³/mol. The van der Waals surface area contributed by atoms with Crippen molar-refractivity contribution in [3.05, 3.63) is 242 Å². The van der Waals surface area contributed by atoms with Gasteiger partial charge < -0.3 is 9.97 Å². The van der Waals surface area contributed by atoms with Gasteiger partial charge in [0.2, 0.25) is 0 Å². The number of aromatic nitrogens is 8. The topological polar surface area (TPSA) is 72.9 Å². The van der Waals surface area contributed by atoms with Crippen LogP contribution in [0.5, 0.6) is 0 Å². The van der Waals surface area contributed by atoms with Crippen LogP contribution < -0.4 is 18.3 Å². The minimum atomic E-state index is 0.863. The van der Waals surface area contributed by atoms with Crippen LogP contribution in [0.4, 0.5) is 0 Å². The van der Waals surface area contributed by atoms with Crippen molar-refractivity contribution < 1.29 is 18.3 Å². The molecule has 4 aromatic carbocycles. The molecular weight excluding hydrogens is 929 g/mol. The fourth-order valence-corrected chi connectivity index (χ4v) is 10.8. The third-order valence-corrected chi connectivity index (χ3v) is 14.5. The van der Waals surface area contributed by atoms with E-state index in [1.165, 1.54) is 0 Å². The number of nitrogens with one attached hydrogen (secondary N) is 2. The van der Waals surface area contributed by atoms with E-state index in [0.717, 1.165) is 134 Å². The molecule has 13 rings (SSSR count). The summed E-state index contributed by atoms with van der Waals surface area (Å²) in [4.78, 5) is 19.1. The molecule has 2 N–H and O–H groups in total. The number of H-pyrrole nitrogens is 2. The van der Waals surface area contributed by atoms with E-state index >= 15 is 0 Å². The van der Waals surface area contributed by atoms with Gasteiger partial charge in [-0.15, -0.1) is 0 Å². The molecule has 0 unspecified atom stereocenters. The molecule has 0 amide bonds. The molecule has 362 valence electrons. The van der Waals surface area contributed by atoms with Crippen molar-refractivity contribution in [1.82, 2.24) is 19.9 Å². The van der Waals surface area contributed by atoms with E-state index in [1.54, 1.807) is 0 Å². The summed E-state index contributed by atoms with van der Waals surface area (Å²) >= 11 is 0. The van der Waals surface area contributed by atoms with Crippen LogP contribution in [0, 0.1) is 0 Å². The van der Waals surface area contributed by atoms with Crippen molar-refractivity contribution in [2.75, 3.05) is 0 Å². The molecule has 0 saturated carbocycles. The van der Waals surface area contributed by atoms with Crippen LogP contribution in [0.2, 0.25) is 0 Å². The Morgan fingerprint density at radius 3 is 0.671 bits per heavy atom. The van der Waals surface area contributed by atoms with E-state index in [9.17, 15) is 0 Å². The first-order chi connectivity index (χ1) is 37.2. The number of nitrogens with zero attached hydrogens (tertiary/aromatic N) is 6.